The first-order chi connectivity index (χ1) is 12.3. The highest BCUT2D eigenvalue weighted by Crippen LogP contribution is 2.24. The van der Waals surface area contributed by atoms with Crippen molar-refractivity contribution in [1.29, 1.82) is 0 Å². The van der Waals surface area contributed by atoms with Crippen LogP contribution in [-0.4, -0.2) is 20.9 Å². The maximum atomic E-state index is 12.5. The SMILES string of the molecule is O=C(Nc1cccc2ccccc12)c1csc(Nc2ncccn2)n1. The molecule has 0 atom stereocenters. The summed E-state index contributed by atoms with van der Waals surface area (Å²) in [5.74, 6) is 0.187. The van der Waals surface area contributed by atoms with Gasteiger partial charge in [-0.1, -0.05) is 36.4 Å². The minimum Gasteiger partial charge on any atom is -0.320 e. The second kappa shape index (κ2) is 6.66. The fraction of sp³-hybridized carbons (Fsp3) is 0. The predicted octanol–water partition coefficient (Wildman–Crippen LogP) is 4.08. The summed E-state index contributed by atoms with van der Waals surface area (Å²) in [6, 6.07) is 15.4. The molecule has 0 radical (unpaired) electrons. The smallest absolute Gasteiger partial charge is 0.275 e. The number of amides is 1. The second-order valence-corrected chi connectivity index (χ2v) is 6.07. The van der Waals surface area contributed by atoms with Gasteiger partial charge in [0.2, 0.25) is 5.95 Å². The Morgan fingerprint density at radius 1 is 0.960 bits per heavy atom. The Morgan fingerprint density at radius 3 is 2.64 bits per heavy atom. The van der Waals surface area contributed by atoms with Crippen molar-refractivity contribution in [1.82, 2.24) is 15.0 Å². The molecule has 0 saturated heterocycles. The fourth-order valence-corrected chi connectivity index (χ4v) is 3.10. The Morgan fingerprint density at radius 2 is 1.76 bits per heavy atom. The molecule has 25 heavy (non-hydrogen) atoms. The first-order valence-corrected chi connectivity index (χ1v) is 8.46. The van der Waals surface area contributed by atoms with Gasteiger partial charge in [0.05, 0.1) is 0 Å². The zero-order chi connectivity index (χ0) is 17.1. The van der Waals surface area contributed by atoms with Gasteiger partial charge in [0, 0.05) is 28.8 Å². The Labute approximate surface area is 147 Å². The van der Waals surface area contributed by atoms with Crippen LogP contribution in [0.25, 0.3) is 10.8 Å². The molecule has 0 unspecified atom stereocenters. The minimum atomic E-state index is -0.255. The average Bonchev–Trinajstić information content (AvgIpc) is 3.11. The largest absolute Gasteiger partial charge is 0.320 e. The summed E-state index contributed by atoms with van der Waals surface area (Å²) >= 11 is 1.32. The van der Waals surface area contributed by atoms with Crippen LogP contribution >= 0.6 is 11.3 Å². The number of rotatable bonds is 4. The quantitative estimate of drug-likeness (QED) is 0.581. The van der Waals surface area contributed by atoms with Gasteiger partial charge < -0.3 is 10.6 Å². The van der Waals surface area contributed by atoms with E-state index in [1.54, 1.807) is 23.8 Å². The monoisotopic (exact) mass is 347 g/mol. The number of hydrogen-bond acceptors (Lipinski definition) is 6. The zero-order valence-corrected chi connectivity index (χ0v) is 13.8. The van der Waals surface area contributed by atoms with Crippen LogP contribution in [0.5, 0.6) is 0 Å². The lowest BCUT2D eigenvalue weighted by Crippen LogP contribution is -2.12. The van der Waals surface area contributed by atoms with Gasteiger partial charge in [-0.15, -0.1) is 11.3 Å². The summed E-state index contributed by atoms with van der Waals surface area (Å²) in [7, 11) is 0. The summed E-state index contributed by atoms with van der Waals surface area (Å²) in [6.07, 6.45) is 3.27. The number of hydrogen-bond donors (Lipinski definition) is 2. The second-order valence-electron chi connectivity index (χ2n) is 5.22. The standard InChI is InChI=1S/C18H13N5OS/c24-16(21-14-8-3-6-12-5-1-2-7-13(12)14)15-11-25-18(22-15)23-17-19-9-4-10-20-17/h1-11H,(H,21,24)(H,19,20,22,23). The predicted molar refractivity (Wildman–Crippen MR) is 99.3 cm³/mol. The summed E-state index contributed by atoms with van der Waals surface area (Å²) in [5.41, 5.74) is 1.10. The van der Waals surface area contributed by atoms with E-state index in [-0.39, 0.29) is 5.91 Å². The first kappa shape index (κ1) is 15.2. The van der Waals surface area contributed by atoms with Gasteiger partial charge in [0.25, 0.3) is 5.91 Å². The molecule has 2 aromatic heterocycles. The number of carbonyl (C=O) groups is 1. The van der Waals surface area contributed by atoms with E-state index in [0.717, 1.165) is 16.5 Å². The van der Waals surface area contributed by atoms with Crippen molar-refractivity contribution in [3.8, 4) is 0 Å². The molecular formula is C18H13N5OS. The van der Waals surface area contributed by atoms with Crippen LogP contribution in [0.3, 0.4) is 0 Å². The van der Waals surface area contributed by atoms with Crippen molar-refractivity contribution in [2.24, 2.45) is 0 Å². The maximum absolute atomic E-state index is 12.5. The summed E-state index contributed by atoms with van der Waals surface area (Å²) < 4.78 is 0. The molecule has 7 heteroatoms. The van der Waals surface area contributed by atoms with Gasteiger partial charge in [-0.3, -0.25) is 4.79 Å². The van der Waals surface area contributed by atoms with Crippen LogP contribution in [0.1, 0.15) is 10.5 Å². The topological polar surface area (TPSA) is 79.8 Å². The van der Waals surface area contributed by atoms with Crippen LogP contribution in [0.15, 0.2) is 66.3 Å². The Hall–Kier alpha value is -3.32. The summed E-state index contributed by atoms with van der Waals surface area (Å²) in [6.45, 7) is 0. The Balaban J connectivity index is 1.53. The van der Waals surface area contributed by atoms with Crippen molar-refractivity contribution in [2.45, 2.75) is 0 Å². The molecular weight excluding hydrogens is 334 g/mol. The third kappa shape index (κ3) is 3.31. The molecule has 2 N–H and O–H groups in total. The lowest BCUT2D eigenvalue weighted by atomic mass is 10.1. The van der Waals surface area contributed by atoms with Crippen LogP contribution in [0, 0.1) is 0 Å². The number of fused-ring (bicyclic) bond motifs is 1. The van der Waals surface area contributed by atoms with Crippen LogP contribution < -0.4 is 10.6 Å². The number of thiazole rings is 1. The van der Waals surface area contributed by atoms with Crippen LogP contribution in [-0.2, 0) is 0 Å². The van der Waals surface area contributed by atoms with Gasteiger partial charge in [0.15, 0.2) is 5.13 Å². The molecule has 122 valence electrons. The van der Waals surface area contributed by atoms with Crippen molar-refractivity contribution < 1.29 is 4.79 Å². The van der Waals surface area contributed by atoms with Gasteiger partial charge >= 0.3 is 0 Å². The lowest BCUT2D eigenvalue weighted by molar-refractivity contribution is 0.102. The van der Waals surface area contributed by atoms with Crippen molar-refractivity contribution in [3.63, 3.8) is 0 Å². The van der Waals surface area contributed by atoms with E-state index in [2.05, 4.69) is 25.6 Å². The van der Waals surface area contributed by atoms with Crippen molar-refractivity contribution >= 4 is 44.8 Å². The molecule has 1 amide bonds. The van der Waals surface area contributed by atoms with Crippen LogP contribution in [0.4, 0.5) is 16.8 Å². The van der Waals surface area contributed by atoms with E-state index >= 15 is 0 Å². The highest BCUT2D eigenvalue weighted by atomic mass is 32.1. The van der Waals surface area contributed by atoms with E-state index < -0.39 is 0 Å². The normalized spacial score (nSPS) is 10.6. The zero-order valence-electron chi connectivity index (χ0n) is 13.0. The highest BCUT2D eigenvalue weighted by Gasteiger charge is 2.13. The molecule has 0 aliphatic heterocycles. The molecule has 0 bridgehead atoms. The molecule has 4 aromatic rings. The first-order valence-electron chi connectivity index (χ1n) is 7.58. The Kier molecular flexibility index (Phi) is 4.05. The van der Waals surface area contributed by atoms with E-state index in [4.69, 9.17) is 0 Å². The molecule has 0 saturated carbocycles. The fourth-order valence-electron chi connectivity index (χ4n) is 2.42. The number of nitrogens with zero attached hydrogens (tertiary/aromatic N) is 3. The van der Waals surface area contributed by atoms with E-state index in [1.165, 1.54) is 11.3 Å². The van der Waals surface area contributed by atoms with Gasteiger partial charge in [-0.2, -0.15) is 0 Å². The number of anilines is 3. The van der Waals surface area contributed by atoms with Gasteiger partial charge in [-0.25, -0.2) is 15.0 Å². The number of carbonyl (C=O) groups excluding carboxylic acids is 1. The molecule has 6 nitrogen and oxygen atoms in total. The maximum Gasteiger partial charge on any atom is 0.275 e. The minimum absolute atomic E-state index is 0.255. The molecule has 0 aliphatic rings. The van der Waals surface area contributed by atoms with Crippen LogP contribution in [0.2, 0.25) is 0 Å². The average molecular weight is 347 g/mol. The van der Waals surface area contributed by atoms with E-state index in [1.807, 2.05) is 42.5 Å². The van der Waals surface area contributed by atoms with Gasteiger partial charge in [-0.05, 0) is 17.5 Å². The third-order valence-corrected chi connectivity index (χ3v) is 4.32. The summed E-state index contributed by atoms with van der Waals surface area (Å²) in [4.78, 5) is 24.9. The number of aromatic nitrogens is 3. The highest BCUT2D eigenvalue weighted by molar-refractivity contribution is 7.14. The van der Waals surface area contributed by atoms with Crippen molar-refractivity contribution in [2.75, 3.05) is 10.6 Å². The molecule has 0 spiro atoms. The molecule has 0 aliphatic carbocycles. The lowest BCUT2D eigenvalue weighted by Gasteiger charge is -2.07. The Bertz CT molecular complexity index is 1030. The molecule has 2 aromatic carbocycles. The molecule has 0 fully saturated rings. The van der Waals surface area contributed by atoms with E-state index in [0.29, 0.717) is 16.8 Å². The number of benzene rings is 2. The molecule has 4 rings (SSSR count). The van der Waals surface area contributed by atoms with Crippen molar-refractivity contribution in [3.05, 3.63) is 72.0 Å². The summed E-state index contributed by atoms with van der Waals surface area (Å²) in [5, 5.41) is 10.2. The third-order valence-electron chi connectivity index (χ3n) is 3.56. The van der Waals surface area contributed by atoms with Gasteiger partial charge in [0.1, 0.15) is 5.69 Å². The number of nitrogens with one attached hydrogen (secondary N) is 2. The molecule has 2 heterocycles. The van der Waals surface area contributed by atoms with E-state index in [9.17, 15) is 4.79 Å².